The van der Waals surface area contributed by atoms with Gasteiger partial charge < -0.3 is 19.5 Å². The highest BCUT2D eigenvalue weighted by molar-refractivity contribution is 5.85. The van der Waals surface area contributed by atoms with E-state index in [9.17, 15) is 9.59 Å². The van der Waals surface area contributed by atoms with Gasteiger partial charge in [-0.3, -0.25) is 9.59 Å². The molecule has 3 saturated carbocycles. The van der Waals surface area contributed by atoms with Crippen LogP contribution in [-0.4, -0.2) is 49.4 Å². The molecule has 6 aliphatic rings. The zero-order valence-corrected chi connectivity index (χ0v) is 16.6. The van der Waals surface area contributed by atoms with Crippen molar-refractivity contribution in [3.8, 4) is 0 Å². The van der Waals surface area contributed by atoms with Crippen molar-refractivity contribution < 1.29 is 23.8 Å². The summed E-state index contributed by atoms with van der Waals surface area (Å²) in [4.78, 5) is 24.6. The Morgan fingerprint density at radius 1 is 1.21 bits per heavy atom. The van der Waals surface area contributed by atoms with Gasteiger partial charge in [0.15, 0.2) is 5.79 Å². The van der Waals surface area contributed by atoms with Crippen LogP contribution >= 0.6 is 0 Å². The molecule has 1 N–H and O–H groups in total. The second-order valence-corrected chi connectivity index (χ2v) is 10.1. The summed E-state index contributed by atoms with van der Waals surface area (Å²) < 4.78 is 18.4. The average molecular weight is 387 g/mol. The summed E-state index contributed by atoms with van der Waals surface area (Å²) in [5, 5.41) is 2.89. The maximum atomic E-state index is 13.7. The number of ketones is 1. The van der Waals surface area contributed by atoms with Gasteiger partial charge in [0.05, 0.1) is 25.4 Å². The first-order valence-corrected chi connectivity index (χ1v) is 10.8. The van der Waals surface area contributed by atoms with Crippen molar-refractivity contribution in [2.75, 3.05) is 13.2 Å². The van der Waals surface area contributed by atoms with Crippen LogP contribution in [0.3, 0.4) is 0 Å². The Balaban J connectivity index is 1.38. The van der Waals surface area contributed by atoms with Crippen LogP contribution in [0.5, 0.6) is 0 Å². The highest BCUT2D eigenvalue weighted by Gasteiger charge is 2.72. The van der Waals surface area contributed by atoms with Gasteiger partial charge in [-0.05, 0) is 31.1 Å². The van der Waals surface area contributed by atoms with E-state index in [1.165, 1.54) is 5.57 Å². The van der Waals surface area contributed by atoms with E-state index in [0.717, 1.165) is 32.1 Å². The lowest BCUT2D eigenvalue weighted by Crippen LogP contribution is -2.60. The number of nitrogens with one attached hydrogen (secondary N) is 1. The molecule has 1 amide bonds. The van der Waals surface area contributed by atoms with Crippen molar-refractivity contribution in [2.45, 2.75) is 70.0 Å². The van der Waals surface area contributed by atoms with Crippen LogP contribution in [0, 0.1) is 28.6 Å². The zero-order chi connectivity index (χ0) is 19.3. The van der Waals surface area contributed by atoms with Crippen molar-refractivity contribution in [3.05, 3.63) is 11.6 Å². The van der Waals surface area contributed by atoms with Gasteiger partial charge in [0.2, 0.25) is 6.41 Å². The summed E-state index contributed by atoms with van der Waals surface area (Å²) in [6, 6.07) is -0.0545. The van der Waals surface area contributed by atoms with Gasteiger partial charge >= 0.3 is 0 Å². The molecule has 4 aliphatic carbocycles. The summed E-state index contributed by atoms with van der Waals surface area (Å²) in [6.07, 6.45) is 7.51. The summed E-state index contributed by atoms with van der Waals surface area (Å²) >= 11 is 0. The Morgan fingerprint density at radius 3 is 2.75 bits per heavy atom. The third-order valence-corrected chi connectivity index (χ3v) is 9.26. The number of ether oxygens (including phenoxy) is 3. The fourth-order valence-electron chi connectivity index (χ4n) is 8.03. The first-order valence-electron chi connectivity index (χ1n) is 10.8. The molecular weight excluding hydrogens is 358 g/mol. The number of fused-ring (bicyclic) bond motifs is 8. The third-order valence-electron chi connectivity index (χ3n) is 9.26. The van der Waals surface area contributed by atoms with Crippen LogP contribution in [0.4, 0.5) is 0 Å². The van der Waals surface area contributed by atoms with E-state index in [1.54, 1.807) is 0 Å². The third kappa shape index (κ3) is 1.90. The second kappa shape index (κ2) is 5.46. The summed E-state index contributed by atoms with van der Waals surface area (Å²) in [5.74, 6) is 0.623. The molecule has 6 nitrogen and oxygen atoms in total. The van der Waals surface area contributed by atoms with E-state index in [1.807, 2.05) is 0 Å². The normalized spacial score (nSPS) is 52.9. The van der Waals surface area contributed by atoms with Crippen LogP contribution < -0.4 is 5.32 Å². The Labute approximate surface area is 165 Å². The number of rotatable bonds is 2. The standard InChI is InChI=1S/C22H29NO5/c1-20-10-16(25)17-13(14(20)5-6-22(20)26-7-8-27-22)4-3-12-9-15(23-11-24)18-19(28-18)21(12,17)2/h9,11,13-15,17-19H,3-8,10H2,1-2H3,(H,23,24)/t13?,14-,15-,17+,18-,19-,20?,21?/m0/s1. The van der Waals surface area contributed by atoms with E-state index in [-0.39, 0.29) is 35.0 Å². The fraction of sp³-hybridized carbons (Fsp3) is 0.818. The minimum absolute atomic E-state index is 0.00862. The molecule has 28 heavy (non-hydrogen) atoms. The Kier molecular flexibility index (Phi) is 3.44. The molecule has 0 aromatic carbocycles. The predicted molar refractivity (Wildman–Crippen MR) is 99.1 cm³/mol. The van der Waals surface area contributed by atoms with Gasteiger partial charge in [-0.2, -0.15) is 0 Å². The van der Waals surface area contributed by atoms with E-state index in [2.05, 4.69) is 25.2 Å². The van der Waals surface area contributed by atoms with Crippen LogP contribution in [0.25, 0.3) is 0 Å². The molecule has 0 radical (unpaired) electrons. The van der Waals surface area contributed by atoms with Crippen molar-refractivity contribution in [2.24, 2.45) is 28.6 Å². The monoisotopic (exact) mass is 387 g/mol. The lowest BCUT2D eigenvalue weighted by Gasteiger charge is -2.57. The maximum absolute atomic E-state index is 13.7. The lowest BCUT2D eigenvalue weighted by atomic mass is 9.46. The summed E-state index contributed by atoms with van der Waals surface area (Å²) in [5.41, 5.74) is 0.851. The number of carbonyl (C=O) groups excluding carboxylic acids is 2. The van der Waals surface area contributed by atoms with Gasteiger partial charge in [-0.25, -0.2) is 0 Å². The molecule has 1 spiro atoms. The fourth-order valence-corrected chi connectivity index (χ4v) is 8.03. The highest BCUT2D eigenvalue weighted by Crippen LogP contribution is 2.69. The number of carbonyl (C=O) groups is 2. The molecule has 6 heteroatoms. The molecule has 5 fully saturated rings. The van der Waals surface area contributed by atoms with Gasteiger partial charge in [0.25, 0.3) is 0 Å². The van der Waals surface area contributed by atoms with Crippen molar-refractivity contribution in [3.63, 3.8) is 0 Å². The predicted octanol–water partition coefficient (Wildman–Crippen LogP) is 1.97. The first-order chi connectivity index (χ1) is 13.4. The van der Waals surface area contributed by atoms with Crippen LogP contribution in [0.15, 0.2) is 11.6 Å². The first kappa shape index (κ1) is 17.6. The zero-order valence-electron chi connectivity index (χ0n) is 16.6. The van der Waals surface area contributed by atoms with Crippen molar-refractivity contribution in [1.82, 2.24) is 5.32 Å². The Bertz CT molecular complexity index is 773. The number of hydrogen-bond acceptors (Lipinski definition) is 5. The van der Waals surface area contributed by atoms with Crippen molar-refractivity contribution >= 4 is 12.2 Å². The smallest absolute Gasteiger partial charge is 0.207 e. The quantitative estimate of drug-likeness (QED) is 0.445. The molecule has 3 unspecified atom stereocenters. The summed E-state index contributed by atoms with van der Waals surface area (Å²) in [6.45, 7) is 5.75. The van der Waals surface area contributed by atoms with E-state index in [0.29, 0.717) is 37.3 Å². The number of epoxide rings is 1. The molecule has 0 aromatic rings. The van der Waals surface area contributed by atoms with Crippen LogP contribution in [0.2, 0.25) is 0 Å². The van der Waals surface area contributed by atoms with E-state index >= 15 is 0 Å². The number of Topliss-reactive ketones (excluding diaryl/α,β-unsaturated/α-hetero) is 1. The summed E-state index contributed by atoms with van der Waals surface area (Å²) in [7, 11) is 0. The lowest BCUT2D eigenvalue weighted by molar-refractivity contribution is -0.239. The average Bonchev–Trinajstić information content (AvgIpc) is 3.25. The molecule has 2 heterocycles. The molecule has 2 aliphatic heterocycles. The Morgan fingerprint density at radius 2 is 2.00 bits per heavy atom. The Hall–Kier alpha value is -1.24. The topological polar surface area (TPSA) is 77.2 Å². The largest absolute Gasteiger partial charge is 0.366 e. The second-order valence-electron chi connectivity index (χ2n) is 10.1. The van der Waals surface area contributed by atoms with E-state index in [4.69, 9.17) is 14.2 Å². The maximum Gasteiger partial charge on any atom is 0.207 e. The van der Waals surface area contributed by atoms with Crippen LogP contribution in [-0.2, 0) is 23.8 Å². The van der Waals surface area contributed by atoms with Gasteiger partial charge in [0, 0.05) is 29.6 Å². The van der Waals surface area contributed by atoms with Gasteiger partial charge in [0.1, 0.15) is 11.9 Å². The molecule has 0 aromatic heterocycles. The minimum atomic E-state index is -0.556. The highest BCUT2D eigenvalue weighted by atomic mass is 16.7. The molecular formula is C22H29NO5. The molecule has 6 rings (SSSR count). The molecule has 152 valence electrons. The SMILES string of the molecule is CC12C(=C[C@H](NC=O)[C@@H]3O[C@@H]31)CCC1[C@@H]2C(=O)CC2(C)[C@H]1CCC21OCCO1. The van der Waals surface area contributed by atoms with Gasteiger partial charge in [-0.1, -0.05) is 25.5 Å². The molecule has 0 bridgehead atoms. The molecule has 8 atom stereocenters. The van der Waals surface area contributed by atoms with E-state index < -0.39 is 5.79 Å². The van der Waals surface area contributed by atoms with Gasteiger partial charge in [-0.15, -0.1) is 0 Å². The van der Waals surface area contributed by atoms with Crippen molar-refractivity contribution in [1.29, 1.82) is 0 Å². The van der Waals surface area contributed by atoms with Crippen LogP contribution in [0.1, 0.15) is 46.0 Å². The molecule has 2 saturated heterocycles. The number of amides is 1. The number of hydrogen-bond donors (Lipinski definition) is 1. The minimum Gasteiger partial charge on any atom is -0.366 e.